The summed E-state index contributed by atoms with van der Waals surface area (Å²) in [6, 6.07) is 9.09. The van der Waals surface area contributed by atoms with Gasteiger partial charge in [0.15, 0.2) is 12.3 Å². The third-order valence-electron chi connectivity index (χ3n) is 3.77. The molecule has 3 rings (SSSR count). The molecule has 25 heavy (non-hydrogen) atoms. The molecule has 7 nitrogen and oxygen atoms in total. The van der Waals surface area contributed by atoms with E-state index in [0.29, 0.717) is 18.1 Å². The zero-order chi connectivity index (χ0) is 17.6. The molecule has 1 aromatic carbocycles. The molecule has 0 spiro atoms. The lowest BCUT2D eigenvalue weighted by molar-refractivity contribution is 0.0910. The number of fused-ring (bicyclic) bond motifs is 1. The van der Waals surface area contributed by atoms with Crippen LogP contribution in [0.1, 0.15) is 29.7 Å². The predicted molar refractivity (Wildman–Crippen MR) is 91.2 cm³/mol. The lowest BCUT2D eigenvalue weighted by Crippen LogP contribution is -2.37. The number of hydrogen-bond donors (Lipinski definition) is 2. The number of rotatable bonds is 7. The van der Waals surface area contributed by atoms with Crippen LogP contribution in [-0.4, -0.2) is 33.6 Å². The minimum atomic E-state index is -0.382. The Morgan fingerprint density at radius 1 is 1.40 bits per heavy atom. The zero-order valence-electron chi connectivity index (χ0n) is 13.8. The molecule has 130 valence electrons. The summed E-state index contributed by atoms with van der Waals surface area (Å²) in [6.07, 6.45) is 3.65. The van der Waals surface area contributed by atoms with Gasteiger partial charge < -0.3 is 19.6 Å². The fourth-order valence-corrected chi connectivity index (χ4v) is 2.31. The lowest BCUT2D eigenvalue weighted by atomic mass is 10.2. The number of aliphatic hydroxyl groups is 1. The highest BCUT2D eigenvalue weighted by Crippen LogP contribution is 2.19. The molecule has 0 aliphatic rings. The monoisotopic (exact) mass is 341 g/mol. The summed E-state index contributed by atoms with van der Waals surface area (Å²) in [5.74, 6) is 0.581. The molecule has 1 amide bonds. The Labute approximate surface area is 144 Å². The van der Waals surface area contributed by atoms with Crippen molar-refractivity contribution in [1.82, 2.24) is 15.3 Å². The molecule has 1 atom stereocenters. The first-order valence-corrected chi connectivity index (χ1v) is 8.03. The Morgan fingerprint density at radius 2 is 2.28 bits per heavy atom. The number of benzene rings is 1. The average molecular weight is 341 g/mol. The van der Waals surface area contributed by atoms with Gasteiger partial charge in [0, 0.05) is 11.6 Å². The summed E-state index contributed by atoms with van der Waals surface area (Å²) in [6.45, 7) is 1.87. The zero-order valence-corrected chi connectivity index (χ0v) is 13.8. The molecule has 3 aromatic rings. The van der Waals surface area contributed by atoms with Crippen LogP contribution in [0.15, 0.2) is 47.2 Å². The van der Waals surface area contributed by atoms with Gasteiger partial charge >= 0.3 is 0 Å². The number of pyridine rings is 1. The Morgan fingerprint density at radius 3 is 3.08 bits per heavy atom. The highest BCUT2D eigenvalue weighted by atomic mass is 16.5. The van der Waals surface area contributed by atoms with E-state index in [2.05, 4.69) is 15.3 Å². The van der Waals surface area contributed by atoms with Crippen LogP contribution < -0.4 is 10.1 Å². The van der Waals surface area contributed by atoms with Crippen LogP contribution in [0.5, 0.6) is 5.75 Å². The van der Waals surface area contributed by atoms with E-state index in [0.717, 1.165) is 10.9 Å². The van der Waals surface area contributed by atoms with Gasteiger partial charge in [-0.15, -0.1) is 0 Å². The van der Waals surface area contributed by atoms with Crippen molar-refractivity contribution in [2.45, 2.75) is 26.0 Å². The van der Waals surface area contributed by atoms with E-state index in [-0.39, 0.29) is 30.9 Å². The number of aromatic nitrogens is 2. The number of nitrogens with zero attached hydrogens (tertiary/aromatic N) is 2. The third-order valence-corrected chi connectivity index (χ3v) is 3.77. The van der Waals surface area contributed by atoms with Crippen molar-refractivity contribution in [3.63, 3.8) is 0 Å². The number of carbonyl (C=O) groups excluding carboxylic acids is 1. The second-order valence-electron chi connectivity index (χ2n) is 5.53. The highest BCUT2D eigenvalue weighted by Gasteiger charge is 2.16. The van der Waals surface area contributed by atoms with Crippen molar-refractivity contribution in [3.05, 3.63) is 54.4 Å². The predicted octanol–water partition coefficient (Wildman–Crippen LogP) is 2.30. The van der Waals surface area contributed by atoms with Crippen molar-refractivity contribution in [2.24, 2.45) is 0 Å². The Balaban J connectivity index is 1.61. The van der Waals surface area contributed by atoms with Crippen LogP contribution >= 0.6 is 0 Å². The van der Waals surface area contributed by atoms with Crippen LogP contribution in [0.2, 0.25) is 0 Å². The Kier molecular flexibility index (Phi) is 5.25. The maximum atomic E-state index is 12.0. The first-order valence-electron chi connectivity index (χ1n) is 8.03. The van der Waals surface area contributed by atoms with Gasteiger partial charge in [-0.25, -0.2) is 4.98 Å². The summed E-state index contributed by atoms with van der Waals surface area (Å²) >= 11 is 0. The summed E-state index contributed by atoms with van der Waals surface area (Å²) in [7, 11) is 0. The van der Waals surface area contributed by atoms with E-state index in [1.165, 1.54) is 6.26 Å². The number of aliphatic hydroxyl groups excluding tert-OH is 1. The van der Waals surface area contributed by atoms with Crippen LogP contribution in [0.4, 0.5) is 0 Å². The molecular weight excluding hydrogens is 322 g/mol. The number of carbonyl (C=O) groups is 1. The van der Waals surface area contributed by atoms with Gasteiger partial charge in [0.1, 0.15) is 12.0 Å². The fourth-order valence-electron chi connectivity index (χ4n) is 2.31. The Hall–Kier alpha value is -2.93. The van der Waals surface area contributed by atoms with Crippen molar-refractivity contribution in [1.29, 1.82) is 0 Å². The molecule has 0 radical (unpaired) electrons. The summed E-state index contributed by atoms with van der Waals surface area (Å²) < 4.78 is 10.9. The van der Waals surface area contributed by atoms with Crippen LogP contribution in [-0.2, 0) is 6.61 Å². The van der Waals surface area contributed by atoms with Gasteiger partial charge in [0.25, 0.3) is 5.91 Å². The number of hydrogen-bond acceptors (Lipinski definition) is 6. The van der Waals surface area contributed by atoms with Crippen LogP contribution in [0.3, 0.4) is 0 Å². The first kappa shape index (κ1) is 16.9. The second kappa shape index (κ2) is 7.76. The highest BCUT2D eigenvalue weighted by molar-refractivity contribution is 5.92. The van der Waals surface area contributed by atoms with Gasteiger partial charge in [-0.05, 0) is 30.7 Å². The van der Waals surface area contributed by atoms with E-state index in [4.69, 9.17) is 14.3 Å². The van der Waals surface area contributed by atoms with Crippen LogP contribution in [0, 0.1) is 0 Å². The third kappa shape index (κ3) is 4.13. The second-order valence-corrected chi connectivity index (χ2v) is 5.53. The molecule has 0 aliphatic heterocycles. The summed E-state index contributed by atoms with van der Waals surface area (Å²) in [4.78, 5) is 20.4. The normalized spacial score (nSPS) is 12.1. The molecule has 2 aromatic heterocycles. The standard InChI is InChI=1S/C18H19N3O4/c1-2-13(9-22)20-18(23)16-10-25-17(21-16)11-24-14-5-6-15-12(8-14)4-3-7-19-15/h3-8,10,13,22H,2,9,11H2,1H3,(H,20,23)/t13-/m0/s1. The van der Waals surface area contributed by atoms with Gasteiger partial charge in [-0.3, -0.25) is 9.78 Å². The van der Waals surface area contributed by atoms with E-state index >= 15 is 0 Å². The molecule has 0 aliphatic carbocycles. The molecule has 0 fully saturated rings. The summed E-state index contributed by atoms with van der Waals surface area (Å²) in [5, 5.41) is 12.8. The molecule has 2 heterocycles. The summed E-state index contributed by atoms with van der Waals surface area (Å²) in [5.41, 5.74) is 1.05. The number of ether oxygens (including phenoxy) is 1. The molecule has 0 bridgehead atoms. The largest absolute Gasteiger partial charge is 0.484 e. The number of amides is 1. The van der Waals surface area contributed by atoms with E-state index in [1.54, 1.807) is 6.20 Å². The van der Waals surface area contributed by atoms with Crippen molar-refractivity contribution >= 4 is 16.8 Å². The van der Waals surface area contributed by atoms with Gasteiger partial charge in [0.2, 0.25) is 5.89 Å². The van der Waals surface area contributed by atoms with E-state index in [9.17, 15) is 4.79 Å². The topological polar surface area (TPSA) is 97.5 Å². The van der Waals surface area contributed by atoms with E-state index in [1.807, 2.05) is 37.3 Å². The maximum absolute atomic E-state index is 12.0. The molecule has 0 unspecified atom stereocenters. The average Bonchev–Trinajstić information content (AvgIpc) is 3.13. The number of oxazole rings is 1. The molecule has 0 saturated heterocycles. The van der Waals surface area contributed by atoms with Crippen molar-refractivity contribution in [2.75, 3.05) is 6.61 Å². The van der Waals surface area contributed by atoms with Gasteiger partial charge in [-0.2, -0.15) is 0 Å². The molecular formula is C18H19N3O4. The maximum Gasteiger partial charge on any atom is 0.273 e. The van der Waals surface area contributed by atoms with Crippen LogP contribution in [0.25, 0.3) is 10.9 Å². The number of nitrogens with one attached hydrogen (secondary N) is 1. The SMILES string of the molecule is CC[C@@H](CO)NC(=O)c1coc(COc2ccc3ncccc3c2)n1. The van der Waals surface area contributed by atoms with Crippen molar-refractivity contribution in [3.8, 4) is 5.75 Å². The van der Waals surface area contributed by atoms with E-state index < -0.39 is 0 Å². The van der Waals surface area contributed by atoms with Gasteiger partial charge in [-0.1, -0.05) is 13.0 Å². The van der Waals surface area contributed by atoms with Gasteiger partial charge in [0.05, 0.1) is 18.2 Å². The smallest absolute Gasteiger partial charge is 0.273 e. The molecule has 7 heteroatoms. The van der Waals surface area contributed by atoms with Crippen molar-refractivity contribution < 1.29 is 19.1 Å². The molecule has 2 N–H and O–H groups in total. The minimum absolute atomic E-state index is 0.107. The first-order chi connectivity index (χ1) is 12.2. The fraction of sp³-hybridized carbons (Fsp3) is 0.278. The lowest BCUT2D eigenvalue weighted by Gasteiger charge is -2.12. The molecule has 0 saturated carbocycles. The Bertz CT molecular complexity index is 858. The minimum Gasteiger partial charge on any atom is -0.484 e. The quantitative estimate of drug-likeness (QED) is 0.684.